The number of hydrogen-bond acceptors (Lipinski definition) is 4. The standard InChI is InChI=1S/C16H15N3OS2/c1-16(20)14(19-6-3-2-4-7-19)13(11-5-8-22-10-11)12(9-17)15(21)18-16/h2-8,10,13-14,17,20H,1H3/p+1. The summed E-state index contributed by atoms with van der Waals surface area (Å²) in [5.74, 6) is 2.25. The fourth-order valence-electron chi connectivity index (χ4n) is 2.99. The average molecular weight is 330 g/mol. The van der Waals surface area contributed by atoms with Gasteiger partial charge in [0.05, 0.1) is 11.5 Å². The van der Waals surface area contributed by atoms with Crippen LogP contribution in [0.15, 0.2) is 53.0 Å². The molecule has 0 bridgehead atoms. The predicted molar refractivity (Wildman–Crippen MR) is 90.3 cm³/mol. The van der Waals surface area contributed by atoms with E-state index in [1.165, 1.54) is 0 Å². The second-order valence-corrected chi connectivity index (χ2v) is 6.63. The molecule has 0 radical (unpaired) electrons. The Bertz CT molecular complexity index is 734. The smallest absolute Gasteiger partial charge is 0.216 e. The maximum absolute atomic E-state index is 10.9. The van der Waals surface area contributed by atoms with Gasteiger partial charge in [0.1, 0.15) is 4.99 Å². The van der Waals surface area contributed by atoms with E-state index < -0.39 is 5.72 Å². The highest BCUT2D eigenvalue weighted by molar-refractivity contribution is 7.80. The van der Waals surface area contributed by atoms with E-state index >= 15 is 0 Å². The zero-order valence-electron chi connectivity index (χ0n) is 12.0. The lowest BCUT2D eigenvalue weighted by Gasteiger charge is -2.40. The van der Waals surface area contributed by atoms with E-state index in [0.717, 1.165) is 5.56 Å². The molecule has 0 aliphatic carbocycles. The van der Waals surface area contributed by atoms with Gasteiger partial charge in [0, 0.05) is 12.1 Å². The fraction of sp³-hybridized carbons (Fsp3) is 0.250. The summed E-state index contributed by atoms with van der Waals surface area (Å²) in [6.45, 7) is 1.71. The molecule has 1 fully saturated rings. The van der Waals surface area contributed by atoms with Gasteiger partial charge in [0.25, 0.3) is 0 Å². The van der Waals surface area contributed by atoms with Gasteiger partial charge in [-0.05, 0) is 35.2 Å². The Hall–Kier alpha value is -1.85. The van der Waals surface area contributed by atoms with Crippen LogP contribution in [0, 0.1) is 5.41 Å². The lowest BCUT2D eigenvalue weighted by Crippen LogP contribution is -2.65. The highest BCUT2D eigenvalue weighted by atomic mass is 32.1. The quantitative estimate of drug-likeness (QED) is 0.342. The Labute approximate surface area is 138 Å². The van der Waals surface area contributed by atoms with E-state index in [1.54, 1.807) is 18.3 Å². The summed E-state index contributed by atoms with van der Waals surface area (Å²) in [7, 11) is 0. The fourth-order valence-corrected chi connectivity index (χ4v) is 4.07. The SMILES string of the molecule is CC1(O)NC(=S)C(=C=N)C(c2ccsc2)C1[n+]1ccccc1. The lowest BCUT2D eigenvalue weighted by molar-refractivity contribution is -0.740. The van der Waals surface area contributed by atoms with Crippen molar-refractivity contribution < 1.29 is 9.67 Å². The number of piperidine rings is 1. The molecule has 3 N–H and O–H groups in total. The summed E-state index contributed by atoms with van der Waals surface area (Å²) in [6, 6.07) is 7.44. The van der Waals surface area contributed by atoms with E-state index in [4.69, 9.17) is 17.6 Å². The zero-order valence-corrected chi connectivity index (χ0v) is 13.6. The molecule has 1 aliphatic heterocycles. The summed E-state index contributed by atoms with van der Waals surface area (Å²) < 4.78 is 1.95. The van der Waals surface area contributed by atoms with Crippen LogP contribution in [-0.2, 0) is 0 Å². The number of nitrogens with one attached hydrogen (secondary N) is 2. The Kier molecular flexibility index (Phi) is 3.93. The predicted octanol–water partition coefficient (Wildman–Crippen LogP) is 2.17. The molecule has 2 aromatic rings. The molecule has 2 aromatic heterocycles. The van der Waals surface area contributed by atoms with Crippen molar-refractivity contribution >= 4 is 34.4 Å². The Morgan fingerprint density at radius 3 is 2.73 bits per heavy atom. The van der Waals surface area contributed by atoms with Crippen LogP contribution >= 0.6 is 23.6 Å². The van der Waals surface area contributed by atoms with Crippen LogP contribution in [-0.4, -0.2) is 21.7 Å². The lowest BCUT2D eigenvalue weighted by atomic mass is 9.78. The summed E-state index contributed by atoms with van der Waals surface area (Å²) in [5, 5.41) is 25.5. The molecule has 3 heterocycles. The van der Waals surface area contributed by atoms with Crippen molar-refractivity contribution in [2.45, 2.75) is 24.6 Å². The third-order valence-electron chi connectivity index (χ3n) is 3.91. The summed E-state index contributed by atoms with van der Waals surface area (Å²) in [5.41, 5.74) is 0.405. The molecule has 112 valence electrons. The number of thiocarbonyl (C=S) groups is 1. The molecule has 1 aliphatic rings. The first-order valence-corrected chi connectivity index (χ1v) is 8.22. The maximum atomic E-state index is 10.9. The second-order valence-electron chi connectivity index (χ2n) is 5.44. The molecular formula is C16H16N3OS2+. The topological polar surface area (TPSA) is 60.0 Å². The highest BCUT2D eigenvalue weighted by Gasteiger charge is 2.52. The third kappa shape index (κ3) is 2.51. The summed E-state index contributed by atoms with van der Waals surface area (Å²) in [4.78, 5) is 0.379. The van der Waals surface area contributed by atoms with Crippen molar-refractivity contribution in [3.63, 3.8) is 0 Å². The number of aromatic nitrogens is 1. The molecule has 22 heavy (non-hydrogen) atoms. The van der Waals surface area contributed by atoms with Crippen LogP contribution in [0.5, 0.6) is 0 Å². The molecule has 0 aromatic carbocycles. The van der Waals surface area contributed by atoms with Crippen molar-refractivity contribution in [1.29, 1.82) is 5.41 Å². The molecule has 6 heteroatoms. The first-order valence-electron chi connectivity index (χ1n) is 6.87. The van der Waals surface area contributed by atoms with Gasteiger partial charge in [-0.15, -0.1) is 0 Å². The van der Waals surface area contributed by atoms with E-state index in [9.17, 15) is 5.11 Å². The number of rotatable bonds is 2. The molecule has 3 unspecified atom stereocenters. The van der Waals surface area contributed by atoms with Gasteiger partial charge in [-0.1, -0.05) is 18.3 Å². The van der Waals surface area contributed by atoms with Gasteiger partial charge in [0.2, 0.25) is 6.04 Å². The Morgan fingerprint density at radius 2 is 2.14 bits per heavy atom. The van der Waals surface area contributed by atoms with Crippen molar-refractivity contribution in [1.82, 2.24) is 5.32 Å². The number of aliphatic hydroxyl groups is 1. The minimum absolute atomic E-state index is 0.222. The van der Waals surface area contributed by atoms with Crippen molar-refractivity contribution in [3.8, 4) is 0 Å². The van der Waals surface area contributed by atoms with Crippen LogP contribution in [0.25, 0.3) is 0 Å². The minimum Gasteiger partial charge on any atom is -0.366 e. The third-order valence-corrected chi connectivity index (χ3v) is 4.93. The van der Waals surface area contributed by atoms with Crippen molar-refractivity contribution in [3.05, 3.63) is 58.6 Å². The molecule has 0 saturated carbocycles. The van der Waals surface area contributed by atoms with Gasteiger partial charge in [0.15, 0.2) is 18.1 Å². The first-order chi connectivity index (χ1) is 10.5. The largest absolute Gasteiger partial charge is 0.366 e. The Balaban J connectivity index is 2.20. The normalized spacial score (nSPS) is 28.1. The molecule has 0 amide bonds. The van der Waals surface area contributed by atoms with Crippen LogP contribution < -0.4 is 9.88 Å². The maximum Gasteiger partial charge on any atom is 0.216 e. The molecule has 1 saturated heterocycles. The van der Waals surface area contributed by atoms with Gasteiger partial charge in [-0.25, -0.2) is 0 Å². The molecular weight excluding hydrogens is 314 g/mol. The van der Waals surface area contributed by atoms with Crippen LogP contribution in [0.3, 0.4) is 0 Å². The molecule has 3 rings (SSSR count). The van der Waals surface area contributed by atoms with Gasteiger partial charge >= 0.3 is 0 Å². The average Bonchev–Trinajstić information content (AvgIpc) is 3.00. The molecule has 4 nitrogen and oxygen atoms in total. The zero-order chi connectivity index (χ0) is 15.7. The first kappa shape index (κ1) is 15.1. The van der Waals surface area contributed by atoms with Crippen molar-refractivity contribution in [2.75, 3.05) is 0 Å². The molecule has 3 atom stereocenters. The number of nitrogens with zero attached hydrogens (tertiary/aromatic N) is 1. The minimum atomic E-state index is -1.23. The van der Waals surface area contributed by atoms with E-state index in [1.807, 2.05) is 52.0 Å². The van der Waals surface area contributed by atoms with Crippen LogP contribution in [0.2, 0.25) is 0 Å². The van der Waals surface area contributed by atoms with Crippen molar-refractivity contribution in [2.24, 2.45) is 0 Å². The van der Waals surface area contributed by atoms with Crippen LogP contribution in [0.4, 0.5) is 0 Å². The van der Waals surface area contributed by atoms with E-state index in [-0.39, 0.29) is 12.0 Å². The molecule has 0 spiro atoms. The summed E-state index contributed by atoms with van der Waals surface area (Å²) >= 11 is 6.92. The second kappa shape index (κ2) is 5.74. The Morgan fingerprint density at radius 1 is 1.41 bits per heavy atom. The number of thiophene rings is 1. The highest BCUT2D eigenvalue weighted by Crippen LogP contribution is 2.41. The van der Waals surface area contributed by atoms with Gasteiger partial charge in [-0.2, -0.15) is 15.9 Å². The van der Waals surface area contributed by atoms with Crippen LogP contribution in [0.1, 0.15) is 24.4 Å². The number of hydrogen-bond donors (Lipinski definition) is 3. The number of pyridine rings is 1. The van der Waals surface area contributed by atoms with E-state index in [2.05, 4.69) is 11.2 Å². The van der Waals surface area contributed by atoms with E-state index in [0.29, 0.717) is 10.6 Å². The van der Waals surface area contributed by atoms with Gasteiger partial charge < -0.3 is 10.4 Å². The summed E-state index contributed by atoms with van der Waals surface area (Å²) in [6.07, 6.45) is 3.83. The monoisotopic (exact) mass is 330 g/mol. The van der Waals surface area contributed by atoms with Gasteiger partial charge in [-0.3, -0.25) is 5.41 Å².